The fourth-order valence-electron chi connectivity index (χ4n) is 3.87. The quantitative estimate of drug-likeness (QED) is 0.436. The van der Waals surface area contributed by atoms with Crippen LogP contribution in [0, 0.1) is 5.92 Å². The zero-order valence-electron chi connectivity index (χ0n) is 20.6. The molecule has 202 valence electrons. The summed E-state index contributed by atoms with van der Waals surface area (Å²) in [7, 11) is 1.76. The van der Waals surface area contributed by atoms with E-state index >= 15 is 0 Å². The van der Waals surface area contributed by atoms with Crippen LogP contribution in [0.1, 0.15) is 23.5 Å². The summed E-state index contributed by atoms with van der Waals surface area (Å²) in [6, 6.07) is 6.63. The van der Waals surface area contributed by atoms with Crippen molar-refractivity contribution in [1.82, 2.24) is 10.2 Å². The standard InChI is InChI=1S/C24H29ClF2N4O5S/c1-14(2)12-30(3)17(11-28-23(34)19-6-7-20(25)37-19)22(33)29-15-4-5-16(18(10-15)36-24(26)27)31-8-9-35-13-21(31)32/h4-7,10,14,17,24H,8-9,11-13H2,1-3H3,(H,28,34)(H,29,33)/t17-/m0/s1. The minimum Gasteiger partial charge on any atom is -0.433 e. The second-order valence-corrected chi connectivity index (χ2v) is 10.5. The molecule has 2 N–H and O–H groups in total. The summed E-state index contributed by atoms with van der Waals surface area (Å²) in [5.74, 6) is -1.22. The Labute approximate surface area is 222 Å². The number of halogens is 3. The normalized spacial score (nSPS) is 14.8. The predicted octanol–water partition coefficient (Wildman–Crippen LogP) is 3.69. The molecule has 1 atom stereocenters. The predicted molar refractivity (Wildman–Crippen MR) is 138 cm³/mol. The van der Waals surface area contributed by atoms with Crippen molar-refractivity contribution in [2.75, 3.05) is 50.1 Å². The molecule has 0 unspecified atom stereocenters. The third kappa shape index (κ3) is 8.09. The number of thiophene rings is 1. The molecule has 2 heterocycles. The second-order valence-electron chi connectivity index (χ2n) is 8.81. The van der Waals surface area contributed by atoms with Crippen molar-refractivity contribution >= 4 is 52.0 Å². The number of carbonyl (C=O) groups is 3. The molecule has 2 aromatic rings. The van der Waals surface area contributed by atoms with E-state index in [9.17, 15) is 23.2 Å². The largest absolute Gasteiger partial charge is 0.433 e. The zero-order valence-corrected chi connectivity index (χ0v) is 22.2. The van der Waals surface area contributed by atoms with Crippen molar-refractivity contribution in [2.24, 2.45) is 5.92 Å². The molecule has 13 heteroatoms. The molecule has 1 aromatic heterocycles. The smallest absolute Gasteiger partial charge is 0.387 e. The molecule has 0 saturated carbocycles. The molecular formula is C24H29ClF2N4O5S. The van der Waals surface area contributed by atoms with E-state index in [1.807, 2.05) is 13.8 Å². The van der Waals surface area contributed by atoms with E-state index < -0.39 is 18.6 Å². The van der Waals surface area contributed by atoms with E-state index in [1.165, 1.54) is 23.1 Å². The summed E-state index contributed by atoms with van der Waals surface area (Å²) in [4.78, 5) is 41.5. The summed E-state index contributed by atoms with van der Waals surface area (Å²) < 4.78 is 36.5. The van der Waals surface area contributed by atoms with E-state index in [-0.39, 0.29) is 61.2 Å². The van der Waals surface area contributed by atoms with E-state index in [4.69, 9.17) is 16.3 Å². The Bertz CT molecular complexity index is 1120. The Balaban J connectivity index is 1.78. The van der Waals surface area contributed by atoms with Crippen LogP contribution in [0.3, 0.4) is 0 Å². The first-order valence-corrected chi connectivity index (χ1v) is 12.8. The van der Waals surface area contributed by atoms with Crippen LogP contribution in [0.5, 0.6) is 5.75 Å². The van der Waals surface area contributed by atoms with Crippen LogP contribution in [-0.2, 0) is 14.3 Å². The number of amides is 3. The maximum absolute atomic E-state index is 13.3. The van der Waals surface area contributed by atoms with Gasteiger partial charge in [0.2, 0.25) is 5.91 Å². The van der Waals surface area contributed by atoms with Gasteiger partial charge in [0.05, 0.1) is 21.5 Å². The van der Waals surface area contributed by atoms with Gasteiger partial charge < -0.3 is 25.0 Å². The van der Waals surface area contributed by atoms with Crippen LogP contribution in [0.2, 0.25) is 4.34 Å². The molecule has 1 aliphatic heterocycles. The molecule has 0 spiro atoms. The van der Waals surface area contributed by atoms with Crippen molar-refractivity contribution in [1.29, 1.82) is 0 Å². The third-order valence-electron chi connectivity index (χ3n) is 5.46. The Kier molecular flexibility index (Phi) is 10.2. The minimum absolute atomic E-state index is 0.00413. The van der Waals surface area contributed by atoms with Crippen LogP contribution in [0.15, 0.2) is 30.3 Å². The van der Waals surface area contributed by atoms with Gasteiger partial charge in [0, 0.05) is 31.4 Å². The number of hydrogen-bond donors (Lipinski definition) is 2. The molecule has 3 rings (SSSR count). The Morgan fingerprint density at radius 2 is 2.03 bits per heavy atom. The number of rotatable bonds is 11. The van der Waals surface area contributed by atoms with Gasteiger partial charge in [0.1, 0.15) is 12.6 Å². The summed E-state index contributed by atoms with van der Waals surface area (Å²) >= 11 is 7.04. The highest BCUT2D eigenvalue weighted by atomic mass is 35.5. The Hall–Kier alpha value is -2.80. The number of ether oxygens (including phenoxy) is 2. The number of carbonyl (C=O) groups excluding carboxylic acids is 3. The fraction of sp³-hybridized carbons (Fsp3) is 0.458. The monoisotopic (exact) mass is 558 g/mol. The Morgan fingerprint density at radius 3 is 2.65 bits per heavy atom. The number of nitrogens with zero attached hydrogens (tertiary/aromatic N) is 2. The molecular weight excluding hydrogens is 530 g/mol. The topological polar surface area (TPSA) is 100 Å². The maximum atomic E-state index is 13.3. The first-order chi connectivity index (χ1) is 17.5. The van der Waals surface area contributed by atoms with Crippen molar-refractivity contribution in [3.63, 3.8) is 0 Å². The lowest BCUT2D eigenvalue weighted by Crippen LogP contribution is -2.50. The molecule has 37 heavy (non-hydrogen) atoms. The fourth-order valence-corrected chi connectivity index (χ4v) is 4.83. The number of hydrogen-bond acceptors (Lipinski definition) is 7. The lowest BCUT2D eigenvalue weighted by Gasteiger charge is -2.30. The summed E-state index contributed by atoms with van der Waals surface area (Å²) in [5.41, 5.74) is 0.353. The molecule has 9 nitrogen and oxygen atoms in total. The van der Waals surface area contributed by atoms with Gasteiger partial charge in [-0.25, -0.2) is 0 Å². The van der Waals surface area contributed by atoms with Crippen LogP contribution in [0.25, 0.3) is 0 Å². The van der Waals surface area contributed by atoms with Gasteiger partial charge in [-0.3, -0.25) is 19.3 Å². The van der Waals surface area contributed by atoms with Crippen LogP contribution < -0.4 is 20.3 Å². The van der Waals surface area contributed by atoms with Gasteiger partial charge in [-0.15, -0.1) is 11.3 Å². The van der Waals surface area contributed by atoms with Gasteiger partial charge in [-0.2, -0.15) is 8.78 Å². The van der Waals surface area contributed by atoms with Crippen molar-refractivity contribution < 1.29 is 32.6 Å². The minimum atomic E-state index is -3.13. The number of benzene rings is 1. The third-order valence-corrected chi connectivity index (χ3v) is 6.69. The lowest BCUT2D eigenvalue weighted by molar-refractivity contribution is -0.126. The molecule has 1 aliphatic rings. The average Bonchev–Trinajstić information content (AvgIpc) is 3.25. The molecule has 0 aliphatic carbocycles. The number of anilines is 2. The summed E-state index contributed by atoms with van der Waals surface area (Å²) in [5, 5.41) is 5.47. The van der Waals surface area contributed by atoms with E-state index in [2.05, 4.69) is 15.4 Å². The highest BCUT2D eigenvalue weighted by Crippen LogP contribution is 2.33. The average molecular weight is 559 g/mol. The summed E-state index contributed by atoms with van der Waals surface area (Å²) in [6.07, 6.45) is 0. The number of likely N-dealkylation sites (N-methyl/N-ethyl adjacent to an activating group) is 1. The van der Waals surface area contributed by atoms with E-state index in [0.29, 0.717) is 15.8 Å². The number of alkyl halides is 2. The zero-order chi connectivity index (χ0) is 27.1. The second kappa shape index (κ2) is 13.1. The first-order valence-electron chi connectivity index (χ1n) is 11.6. The number of nitrogens with one attached hydrogen (secondary N) is 2. The van der Waals surface area contributed by atoms with Crippen molar-refractivity contribution in [3.8, 4) is 5.75 Å². The van der Waals surface area contributed by atoms with Gasteiger partial charge in [-0.05, 0) is 37.2 Å². The van der Waals surface area contributed by atoms with Crippen LogP contribution in [-0.4, -0.2) is 75.2 Å². The van der Waals surface area contributed by atoms with Crippen molar-refractivity contribution in [3.05, 3.63) is 39.5 Å². The first kappa shape index (κ1) is 28.8. The van der Waals surface area contributed by atoms with Gasteiger partial charge in [-0.1, -0.05) is 25.4 Å². The van der Waals surface area contributed by atoms with Gasteiger partial charge >= 0.3 is 6.61 Å². The SMILES string of the molecule is CC(C)CN(C)[C@@H](CNC(=O)c1ccc(Cl)s1)C(=O)Nc1ccc(N2CCOCC2=O)c(OC(F)F)c1. The van der Waals surface area contributed by atoms with Crippen LogP contribution >= 0.6 is 22.9 Å². The van der Waals surface area contributed by atoms with Crippen LogP contribution in [0.4, 0.5) is 20.2 Å². The highest BCUT2D eigenvalue weighted by molar-refractivity contribution is 7.18. The number of morpholine rings is 1. The summed E-state index contributed by atoms with van der Waals surface area (Å²) in [6.45, 7) is 1.70. The van der Waals surface area contributed by atoms with E-state index in [0.717, 1.165) is 11.3 Å². The molecule has 0 radical (unpaired) electrons. The molecule has 1 saturated heterocycles. The molecule has 1 aromatic carbocycles. The van der Waals surface area contributed by atoms with Gasteiger partial charge in [0.15, 0.2) is 5.75 Å². The Morgan fingerprint density at radius 1 is 1.27 bits per heavy atom. The maximum Gasteiger partial charge on any atom is 0.387 e. The van der Waals surface area contributed by atoms with E-state index in [1.54, 1.807) is 24.1 Å². The lowest BCUT2D eigenvalue weighted by atomic mass is 10.1. The molecule has 0 bridgehead atoms. The van der Waals surface area contributed by atoms with Crippen molar-refractivity contribution in [2.45, 2.75) is 26.5 Å². The highest BCUT2D eigenvalue weighted by Gasteiger charge is 2.27. The molecule has 1 fully saturated rings. The molecule has 3 amide bonds. The van der Waals surface area contributed by atoms with Gasteiger partial charge in [0.25, 0.3) is 11.8 Å².